The van der Waals surface area contributed by atoms with E-state index in [1.165, 1.54) is 0 Å². The van der Waals surface area contributed by atoms with E-state index in [-0.39, 0.29) is 11.4 Å². The fourth-order valence-corrected chi connectivity index (χ4v) is 0.506. The highest BCUT2D eigenvalue weighted by atomic mass is 16.4. The highest BCUT2D eigenvalue weighted by Crippen LogP contribution is 2.13. The predicted molar refractivity (Wildman–Crippen MR) is 31.0 cm³/mol. The molecule has 0 atom stereocenters. The van der Waals surface area contributed by atoms with Crippen LogP contribution in [-0.2, 0) is 0 Å². The van der Waals surface area contributed by atoms with Gasteiger partial charge in [-0.1, -0.05) is 0 Å². The van der Waals surface area contributed by atoms with Gasteiger partial charge in [0.2, 0.25) is 0 Å². The second kappa shape index (κ2) is 2.26. The zero-order valence-electron chi connectivity index (χ0n) is 4.74. The Morgan fingerprint density at radius 1 is 1.80 bits per heavy atom. The minimum Gasteiger partial charge on any atom is -0.476 e. The van der Waals surface area contributed by atoms with Crippen molar-refractivity contribution >= 4 is 11.7 Å². The molecule has 0 aromatic carbocycles. The minimum absolute atomic E-state index is 0.187. The molecule has 0 saturated heterocycles. The number of aromatic carboxylic acids is 1. The Morgan fingerprint density at radius 3 is 2.90 bits per heavy atom. The Morgan fingerprint density at radius 2 is 2.50 bits per heavy atom. The van der Waals surface area contributed by atoms with Gasteiger partial charge in [0, 0.05) is 0 Å². The second-order valence-corrected chi connectivity index (χ2v) is 1.53. The average Bonchev–Trinajstić information content (AvgIpc) is 2.33. The van der Waals surface area contributed by atoms with Crippen LogP contribution in [0.15, 0.2) is 11.4 Å². The second-order valence-electron chi connectivity index (χ2n) is 1.53. The van der Waals surface area contributed by atoms with Crippen LogP contribution in [0.2, 0.25) is 0 Å². The third kappa shape index (κ3) is 0.859. The molecule has 0 amide bonds. The SMILES string of the molecule is O=Nc1cn[nH]c1C(=O)O. The monoisotopic (exact) mass is 141 g/mol. The number of carbonyl (C=O) groups is 1. The van der Waals surface area contributed by atoms with Gasteiger partial charge in [-0.15, -0.1) is 4.91 Å². The lowest BCUT2D eigenvalue weighted by Crippen LogP contribution is -1.96. The summed E-state index contributed by atoms with van der Waals surface area (Å²) in [4.78, 5) is 20.0. The van der Waals surface area contributed by atoms with E-state index < -0.39 is 5.97 Å². The number of aromatic amines is 1. The van der Waals surface area contributed by atoms with Crippen molar-refractivity contribution in [3.8, 4) is 0 Å². The molecular formula is C4H3N3O3. The summed E-state index contributed by atoms with van der Waals surface area (Å²) in [6, 6.07) is 0. The van der Waals surface area contributed by atoms with Crippen LogP contribution in [0.25, 0.3) is 0 Å². The smallest absolute Gasteiger partial charge is 0.356 e. The third-order valence-corrected chi connectivity index (χ3v) is 0.932. The molecule has 0 bridgehead atoms. The van der Waals surface area contributed by atoms with Gasteiger partial charge in [-0.05, 0) is 5.18 Å². The third-order valence-electron chi connectivity index (χ3n) is 0.932. The quantitative estimate of drug-likeness (QED) is 0.586. The fraction of sp³-hybridized carbons (Fsp3) is 0. The highest BCUT2D eigenvalue weighted by molar-refractivity contribution is 5.90. The average molecular weight is 141 g/mol. The molecule has 1 heterocycles. The van der Waals surface area contributed by atoms with E-state index >= 15 is 0 Å². The molecule has 1 aromatic heterocycles. The summed E-state index contributed by atoms with van der Waals surface area (Å²) in [7, 11) is 0. The summed E-state index contributed by atoms with van der Waals surface area (Å²) in [5.41, 5.74) is -0.470. The van der Waals surface area contributed by atoms with Gasteiger partial charge >= 0.3 is 5.97 Å². The van der Waals surface area contributed by atoms with Crippen molar-refractivity contribution in [2.75, 3.05) is 0 Å². The van der Waals surface area contributed by atoms with Crippen LogP contribution >= 0.6 is 0 Å². The van der Waals surface area contributed by atoms with Crippen LogP contribution < -0.4 is 0 Å². The van der Waals surface area contributed by atoms with E-state index in [0.717, 1.165) is 6.20 Å². The molecule has 1 rings (SSSR count). The molecule has 1 aromatic rings. The lowest BCUT2D eigenvalue weighted by Gasteiger charge is -1.83. The molecule has 6 heteroatoms. The molecule has 52 valence electrons. The Bertz CT molecular complexity index is 266. The predicted octanol–water partition coefficient (Wildman–Crippen LogP) is 0.506. The molecular weight excluding hydrogens is 138 g/mol. The Hall–Kier alpha value is -1.72. The van der Waals surface area contributed by atoms with E-state index in [9.17, 15) is 9.70 Å². The first kappa shape index (κ1) is 6.40. The first-order chi connectivity index (χ1) is 4.75. The molecule has 0 aliphatic heterocycles. The van der Waals surface area contributed by atoms with Crippen molar-refractivity contribution in [2.24, 2.45) is 5.18 Å². The van der Waals surface area contributed by atoms with Crippen LogP contribution in [0.4, 0.5) is 5.69 Å². The first-order valence-corrected chi connectivity index (χ1v) is 2.35. The van der Waals surface area contributed by atoms with Gasteiger partial charge in [-0.3, -0.25) is 5.10 Å². The van der Waals surface area contributed by atoms with Gasteiger partial charge < -0.3 is 5.11 Å². The zero-order chi connectivity index (χ0) is 7.56. The molecule has 6 nitrogen and oxygen atoms in total. The van der Waals surface area contributed by atoms with Gasteiger partial charge in [-0.25, -0.2) is 4.79 Å². The summed E-state index contributed by atoms with van der Waals surface area (Å²) in [5, 5.41) is 16.2. The number of nitroso groups, excluding NO2 is 1. The van der Waals surface area contributed by atoms with Crippen molar-refractivity contribution in [2.45, 2.75) is 0 Å². The summed E-state index contributed by atoms with van der Waals surface area (Å²) >= 11 is 0. The zero-order valence-corrected chi connectivity index (χ0v) is 4.74. The van der Waals surface area contributed by atoms with E-state index in [1.807, 2.05) is 0 Å². The Kier molecular flexibility index (Phi) is 1.44. The number of rotatable bonds is 2. The molecule has 0 fully saturated rings. The van der Waals surface area contributed by atoms with Gasteiger partial charge in [-0.2, -0.15) is 5.10 Å². The van der Waals surface area contributed by atoms with Crippen molar-refractivity contribution < 1.29 is 9.90 Å². The summed E-state index contributed by atoms with van der Waals surface area (Å²) in [6.45, 7) is 0. The molecule has 0 spiro atoms. The van der Waals surface area contributed by atoms with Crippen LogP contribution in [0.3, 0.4) is 0 Å². The van der Waals surface area contributed by atoms with E-state index in [0.29, 0.717) is 0 Å². The summed E-state index contributed by atoms with van der Waals surface area (Å²) < 4.78 is 0. The number of nitrogens with zero attached hydrogens (tertiary/aromatic N) is 2. The lowest BCUT2D eigenvalue weighted by molar-refractivity contribution is 0.0691. The number of aromatic nitrogens is 2. The topological polar surface area (TPSA) is 95.4 Å². The van der Waals surface area contributed by atoms with Crippen LogP contribution in [0.1, 0.15) is 10.5 Å². The van der Waals surface area contributed by atoms with Gasteiger partial charge in [0.15, 0.2) is 11.4 Å². The number of carboxylic acid groups (broad SMARTS) is 1. The van der Waals surface area contributed by atoms with Crippen molar-refractivity contribution in [3.05, 3.63) is 16.8 Å². The van der Waals surface area contributed by atoms with Crippen molar-refractivity contribution in [3.63, 3.8) is 0 Å². The molecule has 2 N–H and O–H groups in total. The molecule has 0 unspecified atom stereocenters. The number of hydrogen-bond donors (Lipinski definition) is 2. The number of nitrogens with one attached hydrogen (secondary N) is 1. The Balaban J connectivity index is 3.13. The van der Waals surface area contributed by atoms with Gasteiger partial charge in [0.1, 0.15) is 0 Å². The molecule has 0 aliphatic rings. The highest BCUT2D eigenvalue weighted by Gasteiger charge is 2.11. The van der Waals surface area contributed by atoms with Gasteiger partial charge in [0.25, 0.3) is 0 Å². The van der Waals surface area contributed by atoms with E-state index in [1.54, 1.807) is 0 Å². The molecule has 10 heavy (non-hydrogen) atoms. The summed E-state index contributed by atoms with van der Waals surface area (Å²) in [6.07, 6.45) is 1.05. The van der Waals surface area contributed by atoms with Crippen molar-refractivity contribution in [1.29, 1.82) is 0 Å². The minimum atomic E-state index is -1.24. The normalized spacial score (nSPS) is 9.20. The maximum atomic E-state index is 10.2. The van der Waals surface area contributed by atoms with Crippen molar-refractivity contribution in [1.82, 2.24) is 10.2 Å². The van der Waals surface area contributed by atoms with E-state index in [2.05, 4.69) is 15.4 Å². The molecule has 0 radical (unpaired) electrons. The summed E-state index contributed by atoms with van der Waals surface area (Å²) in [5.74, 6) is -1.24. The number of carboxylic acids is 1. The number of hydrogen-bond acceptors (Lipinski definition) is 4. The van der Waals surface area contributed by atoms with Crippen LogP contribution in [0, 0.1) is 4.91 Å². The van der Waals surface area contributed by atoms with Gasteiger partial charge in [0.05, 0.1) is 6.20 Å². The largest absolute Gasteiger partial charge is 0.476 e. The molecule has 0 aliphatic carbocycles. The van der Waals surface area contributed by atoms with E-state index in [4.69, 9.17) is 5.11 Å². The lowest BCUT2D eigenvalue weighted by atomic mass is 10.4. The van der Waals surface area contributed by atoms with Crippen LogP contribution in [-0.4, -0.2) is 21.3 Å². The fourth-order valence-electron chi connectivity index (χ4n) is 0.506. The maximum Gasteiger partial charge on any atom is 0.356 e. The van der Waals surface area contributed by atoms with Crippen LogP contribution in [0.5, 0.6) is 0 Å². The maximum absolute atomic E-state index is 10.2. The first-order valence-electron chi connectivity index (χ1n) is 2.35. The number of H-pyrrole nitrogens is 1. The molecule has 0 saturated carbocycles. The Labute approximate surface area is 54.8 Å². The standard InChI is InChI=1S/C4H3N3O3/c8-4(9)3-2(7-10)1-5-6-3/h1H,(H,5,6)(H,8,9).